The smallest absolute Gasteiger partial charge is 0.275 e. The maximum Gasteiger partial charge on any atom is 0.275 e. The van der Waals surface area contributed by atoms with E-state index in [1.54, 1.807) is 31.4 Å². The number of methoxy groups -OCH3 is 1. The molecule has 2 heterocycles. The number of rotatable bonds is 5. The van der Waals surface area contributed by atoms with Gasteiger partial charge in [-0.1, -0.05) is 29.0 Å². The molecule has 1 amide bonds. The predicted octanol–water partition coefficient (Wildman–Crippen LogP) is 3.41. The van der Waals surface area contributed by atoms with Crippen LogP contribution in [0.5, 0.6) is 5.75 Å². The van der Waals surface area contributed by atoms with Gasteiger partial charge in [-0.3, -0.25) is 9.59 Å². The molecule has 0 aliphatic rings. The summed E-state index contributed by atoms with van der Waals surface area (Å²) in [4.78, 5) is 29.6. The Morgan fingerprint density at radius 2 is 2.00 bits per heavy atom. The maximum absolute atomic E-state index is 12.4. The van der Waals surface area contributed by atoms with Gasteiger partial charge in [-0.25, -0.2) is 4.98 Å². The normalized spacial score (nSPS) is 10.8. The van der Waals surface area contributed by atoms with Gasteiger partial charge in [0, 0.05) is 22.2 Å². The van der Waals surface area contributed by atoms with E-state index in [0.717, 1.165) is 11.3 Å². The molecule has 4 aromatic rings. The van der Waals surface area contributed by atoms with Crippen LogP contribution in [0, 0.1) is 0 Å². The summed E-state index contributed by atoms with van der Waals surface area (Å²) in [6.45, 7) is 0.118. The van der Waals surface area contributed by atoms with Crippen LogP contribution in [0.2, 0.25) is 5.02 Å². The molecule has 9 heteroatoms. The molecular formula is C20H15ClN4O3S. The minimum absolute atomic E-state index is 0.118. The topological polar surface area (TPSA) is 85.6 Å². The molecule has 0 saturated heterocycles. The monoisotopic (exact) mass is 426 g/mol. The second-order valence-electron chi connectivity index (χ2n) is 6.11. The van der Waals surface area contributed by atoms with E-state index in [2.05, 4.69) is 15.4 Å². The molecule has 0 bridgehead atoms. The lowest BCUT2D eigenvalue weighted by atomic mass is 10.2. The average molecular weight is 427 g/mol. The molecule has 0 saturated carbocycles. The standard InChI is InChI=1S/C20H15ClN4O3S/c1-28-16-7-5-12(6-8-16)19-24-25-17(26)10-15(23-20(25)29-19)11-22-18(27)13-3-2-4-14(21)9-13/h2-10H,11H2,1H3,(H,22,27). The molecule has 29 heavy (non-hydrogen) atoms. The number of hydrogen-bond acceptors (Lipinski definition) is 6. The highest BCUT2D eigenvalue weighted by molar-refractivity contribution is 7.19. The Labute approximate surface area is 174 Å². The summed E-state index contributed by atoms with van der Waals surface area (Å²) in [6, 6.07) is 15.4. The third-order valence-electron chi connectivity index (χ3n) is 4.15. The number of carbonyl (C=O) groups excluding carboxylic acids is 1. The van der Waals surface area contributed by atoms with Crippen molar-refractivity contribution >= 4 is 33.8 Å². The molecule has 146 valence electrons. The number of hydrogen-bond donors (Lipinski definition) is 1. The van der Waals surface area contributed by atoms with Gasteiger partial charge in [-0.2, -0.15) is 9.61 Å². The summed E-state index contributed by atoms with van der Waals surface area (Å²) in [5.74, 6) is 0.445. The van der Waals surface area contributed by atoms with Gasteiger partial charge in [-0.15, -0.1) is 0 Å². The number of ether oxygens (including phenoxy) is 1. The van der Waals surface area contributed by atoms with Gasteiger partial charge < -0.3 is 10.1 Å². The average Bonchev–Trinajstić information content (AvgIpc) is 3.17. The van der Waals surface area contributed by atoms with Crippen LogP contribution in [0.3, 0.4) is 0 Å². The van der Waals surface area contributed by atoms with Gasteiger partial charge >= 0.3 is 0 Å². The van der Waals surface area contributed by atoms with E-state index in [0.29, 0.717) is 26.2 Å². The zero-order chi connectivity index (χ0) is 20.4. The van der Waals surface area contributed by atoms with Crippen molar-refractivity contribution in [2.45, 2.75) is 6.54 Å². The zero-order valence-electron chi connectivity index (χ0n) is 15.3. The van der Waals surface area contributed by atoms with Gasteiger partial charge in [0.25, 0.3) is 11.5 Å². The minimum Gasteiger partial charge on any atom is -0.497 e. The first kappa shape index (κ1) is 19.1. The van der Waals surface area contributed by atoms with E-state index in [1.165, 1.54) is 21.9 Å². The van der Waals surface area contributed by atoms with Crippen molar-refractivity contribution in [1.29, 1.82) is 0 Å². The SMILES string of the molecule is COc1ccc(-c2nn3c(=O)cc(CNC(=O)c4cccc(Cl)c4)nc3s2)cc1. The molecule has 2 aromatic heterocycles. The van der Waals surface area contributed by atoms with Crippen LogP contribution < -0.4 is 15.6 Å². The number of halogens is 1. The molecule has 7 nitrogen and oxygen atoms in total. The second kappa shape index (κ2) is 8.02. The first-order chi connectivity index (χ1) is 14.0. The molecule has 0 aliphatic carbocycles. The van der Waals surface area contributed by atoms with Crippen molar-refractivity contribution in [2.24, 2.45) is 0 Å². The van der Waals surface area contributed by atoms with Crippen LogP contribution in [-0.2, 0) is 6.54 Å². The number of carbonyl (C=O) groups is 1. The zero-order valence-corrected chi connectivity index (χ0v) is 16.8. The van der Waals surface area contributed by atoms with Crippen molar-refractivity contribution in [2.75, 3.05) is 7.11 Å². The Hall–Kier alpha value is -3.23. The Balaban J connectivity index is 1.56. The fourth-order valence-electron chi connectivity index (χ4n) is 2.70. The molecular weight excluding hydrogens is 412 g/mol. The molecule has 0 fully saturated rings. The van der Waals surface area contributed by atoms with Gasteiger partial charge in [0.05, 0.1) is 19.3 Å². The van der Waals surface area contributed by atoms with Crippen molar-refractivity contribution < 1.29 is 9.53 Å². The van der Waals surface area contributed by atoms with Gasteiger partial charge in [0.2, 0.25) is 4.96 Å². The fraction of sp³-hybridized carbons (Fsp3) is 0.100. The number of aromatic nitrogens is 3. The fourth-order valence-corrected chi connectivity index (χ4v) is 3.82. The van der Waals surface area contributed by atoms with Crippen LogP contribution in [0.25, 0.3) is 15.5 Å². The van der Waals surface area contributed by atoms with Crippen LogP contribution in [0.4, 0.5) is 0 Å². The summed E-state index contributed by atoms with van der Waals surface area (Å²) >= 11 is 7.21. The van der Waals surface area contributed by atoms with E-state index in [-0.39, 0.29) is 18.0 Å². The van der Waals surface area contributed by atoms with E-state index in [1.807, 2.05) is 24.3 Å². The number of amides is 1. The summed E-state index contributed by atoms with van der Waals surface area (Å²) in [7, 11) is 1.60. The van der Waals surface area contributed by atoms with E-state index >= 15 is 0 Å². The van der Waals surface area contributed by atoms with Crippen LogP contribution >= 0.6 is 22.9 Å². The molecule has 4 rings (SSSR count). The quantitative estimate of drug-likeness (QED) is 0.528. The highest BCUT2D eigenvalue weighted by Gasteiger charge is 2.12. The molecule has 2 aromatic carbocycles. The van der Waals surface area contributed by atoms with Crippen LogP contribution in [0.1, 0.15) is 16.1 Å². The summed E-state index contributed by atoms with van der Waals surface area (Å²) in [5, 5.41) is 8.24. The van der Waals surface area contributed by atoms with Crippen molar-refractivity contribution in [3.8, 4) is 16.3 Å². The van der Waals surface area contributed by atoms with E-state index < -0.39 is 0 Å². The summed E-state index contributed by atoms with van der Waals surface area (Å²) < 4.78 is 6.41. The highest BCUT2D eigenvalue weighted by atomic mass is 35.5. The van der Waals surface area contributed by atoms with Gasteiger partial charge in [0.1, 0.15) is 10.8 Å². The summed E-state index contributed by atoms with van der Waals surface area (Å²) in [5.41, 5.74) is 1.44. The lowest BCUT2D eigenvalue weighted by molar-refractivity contribution is 0.0950. The molecule has 1 N–H and O–H groups in total. The predicted molar refractivity (Wildman–Crippen MR) is 112 cm³/mol. The van der Waals surface area contributed by atoms with Crippen molar-refractivity contribution in [3.63, 3.8) is 0 Å². The first-order valence-corrected chi connectivity index (χ1v) is 9.81. The Morgan fingerprint density at radius 3 is 2.72 bits per heavy atom. The number of benzene rings is 2. The first-order valence-electron chi connectivity index (χ1n) is 8.61. The lowest BCUT2D eigenvalue weighted by Gasteiger charge is -2.05. The molecule has 0 radical (unpaired) electrons. The highest BCUT2D eigenvalue weighted by Crippen LogP contribution is 2.26. The third-order valence-corrected chi connectivity index (χ3v) is 5.34. The minimum atomic E-state index is -0.307. The van der Waals surface area contributed by atoms with Gasteiger partial charge in [-0.05, 0) is 42.5 Å². The molecule has 0 atom stereocenters. The largest absolute Gasteiger partial charge is 0.497 e. The van der Waals surface area contributed by atoms with Crippen molar-refractivity contribution in [1.82, 2.24) is 19.9 Å². The van der Waals surface area contributed by atoms with Crippen LogP contribution in [0.15, 0.2) is 59.4 Å². The Bertz CT molecular complexity index is 1250. The summed E-state index contributed by atoms with van der Waals surface area (Å²) in [6.07, 6.45) is 0. The van der Waals surface area contributed by atoms with E-state index in [9.17, 15) is 9.59 Å². The Morgan fingerprint density at radius 1 is 1.21 bits per heavy atom. The lowest BCUT2D eigenvalue weighted by Crippen LogP contribution is -2.25. The third kappa shape index (κ3) is 4.13. The molecule has 0 spiro atoms. The van der Waals surface area contributed by atoms with Crippen LogP contribution in [-0.4, -0.2) is 27.6 Å². The van der Waals surface area contributed by atoms with E-state index in [4.69, 9.17) is 16.3 Å². The Kier molecular flexibility index (Phi) is 5.28. The number of fused-ring (bicyclic) bond motifs is 1. The number of nitrogens with one attached hydrogen (secondary N) is 1. The molecule has 0 unspecified atom stereocenters. The second-order valence-corrected chi connectivity index (χ2v) is 7.50. The molecule has 0 aliphatic heterocycles. The van der Waals surface area contributed by atoms with Gasteiger partial charge in [0.15, 0.2) is 0 Å². The maximum atomic E-state index is 12.4. The number of nitrogens with zero attached hydrogens (tertiary/aromatic N) is 3. The van der Waals surface area contributed by atoms with Crippen molar-refractivity contribution in [3.05, 3.63) is 81.2 Å².